The number of amides is 1. The molecule has 0 aromatic heterocycles. The fraction of sp³-hybridized carbons (Fsp3) is 0.316. The van der Waals surface area contributed by atoms with Crippen LogP contribution in [0.5, 0.6) is 17.2 Å². The summed E-state index contributed by atoms with van der Waals surface area (Å²) in [6.45, 7) is 6.52. The Labute approximate surface area is 141 Å². The highest BCUT2D eigenvalue weighted by molar-refractivity contribution is 5.92. The Balaban J connectivity index is 1.57. The predicted molar refractivity (Wildman–Crippen MR) is 92.0 cm³/mol. The van der Waals surface area contributed by atoms with Gasteiger partial charge in [-0.1, -0.05) is 19.9 Å². The summed E-state index contributed by atoms with van der Waals surface area (Å²) in [6, 6.07) is 11.2. The van der Waals surface area contributed by atoms with Gasteiger partial charge in [-0.15, -0.1) is 0 Å². The molecule has 1 aliphatic heterocycles. The van der Waals surface area contributed by atoms with Crippen LogP contribution >= 0.6 is 0 Å². The number of benzene rings is 2. The number of ether oxygens (including phenoxy) is 3. The van der Waals surface area contributed by atoms with Gasteiger partial charge in [0.1, 0.15) is 5.75 Å². The van der Waals surface area contributed by atoms with Gasteiger partial charge in [-0.2, -0.15) is 0 Å². The fourth-order valence-electron chi connectivity index (χ4n) is 2.71. The van der Waals surface area contributed by atoms with Crippen LogP contribution < -0.4 is 19.5 Å². The van der Waals surface area contributed by atoms with Crippen LogP contribution in [0.3, 0.4) is 0 Å². The maximum atomic E-state index is 12.0. The van der Waals surface area contributed by atoms with Crippen molar-refractivity contribution in [2.45, 2.75) is 26.7 Å². The van der Waals surface area contributed by atoms with E-state index in [-0.39, 0.29) is 19.3 Å². The molecule has 0 bridgehead atoms. The molecule has 0 unspecified atom stereocenters. The van der Waals surface area contributed by atoms with Gasteiger partial charge in [0.2, 0.25) is 6.79 Å². The van der Waals surface area contributed by atoms with Crippen LogP contribution in [-0.2, 0) is 4.79 Å². The fourth-order valence-corrected chi connectivity index (χ4v) is 2.71. The molecule has 3 rings (SSSR count). The molecule has 0 saturated carbocycles. The molecule has 2 aromatic rings. The molecule has 0 spiro atoms. The smallest absolute Gasteiger partial charge is 0.262 e. The van der Waals surface area contributed by atoms with Crippen molar-refractivity contribution in [2.75, 3.05) is 18.7 Å². The van der Waals surface area contributed by atoms with Gasteiger partial charge in [-0.25, -0.2) is 0 Å². The van der Waals surface area contributed by atoms with Gasteiger partial charge < -0.3 is 19.5 Å². The number of hydrogen-bond donors (Lipinski definition) is 1. The van der Waals surface area contributed by atoms with Crippen LogP contribution in [0.2, 0.25) is 0 Å². The number of anilines is 1. The second-order valence-electron chi connectivity index (χ2n) is 6.08. The first-order valence-electron chi connectivity index (χ1n) is 7.96. The average Bonchev–Trinajstić information content (AvgIpc) is 3.00. The first-order chi connectivity index (χ1) is 11.5. The molecule has 0 saturated heterocycles. The minimum atomic E-state index is -0.223. The first kappa shape index (κ1) is 16.2. The third kappa shape index (κ3) is 3.62. The molecule has 0 aliphatic carbocycles. The summed E-state index contributed by atoms with van der Waals surface area (Å²) in [4.78, 5) is 12.0. The Hall–Kier alpha value is -2.69. The molecule has 0 radical (unpaired) electrons. The Morgan fingerprint density at radius 2 is 1.96 bits per heavy atom. The zero-order valence-electron chi connectivity index (χ0n) is 14.1. The SMILES string of the molecule is Cc1cc(OCC(=O)Nc2ccc3c(c2)OCO3)ccc1C(C)C. The second kappa shape index (κ2) is 6.83. The number of rotatable bonds is 5. The third-order valence-corrected chi connectivity index (χ3v) is 3.89. The molecule has 5 heteroatoms. The van der Waals surface area contributed by atoms with E-state index in [1.807, 2.05) is 18.2 Å². The van der Waals surface area contributed by atoms with Gasteiger partial charge in [0.25, 0.3) is 5.91 Å². The summed E-state index contributed by atoms with van der Waals surface area (Å²) < 4.78 is 16.1. The van der Waals surface area contributed by atoms with E-state index in [0.717, 1.165) is 0 Å². The Bertz CT molecular complexity index is 755. The largest absolute Gasteiger partial charge is 0.484 e. The minimum Gasteiger partial charge on any atom is -0.484 e. The zero-order valence-corrected chi connectivity index (χ0v) is 14.1. The molecule has 0 atom stereocenters. The summed E-state index contributed by atoms with van der Waals surface area (Å²) in [5.74, 6) is 2.25. The molecular weight excluding hydrogens is 306 g/mol. The topological polar surface area (TPSA) is 56.8 Å². The van der Waals surface area contributed by atoms with Crippen molar-refractivity contribution < 1.29 is 19.0 Å². The first-order valence-corrected chi connectivity index (χ1v) is 7.96. The Morgan fingerprint density at radius 3 is 2.71 bits per heavy atom. The number of aryl methyl sites for hydroxylation is 1. The summed E-state index contributed by atoms with van der Waals surface area (Å²) in [5, 5.41) is 2.79. The Morgan fingerprint density at radius 1 is 1.17 bits per heavy atom. The van der Waals surface area contributed by atoms with E-state index in [4.69, 9.17) is 14.2 Å². The highest BCUT2D eigenvalue weighted by atomic mass is 16.7. The number of fused-ring (bicyclic) bond motifs is 1. The van der Waals surface area contributed by atoms with Crippen LogP contribution in [0.15, 0.2) is 36.4 Å². The van der Waals surface area contributed by atoms with Crippen LogP contribution in [-0.4, -0.2) is 19.3 Å². The molecule has 1 amide bonds. The normalized spacial score (nSPS) is 12.3. The minimum absolute atomic E-state index is 0.0467. The van der Waals surface area contributed by atoms with Crippen molar-refractivity contribution >= 4 is 11.6 Å². The standard InChI is InChI=1S/C19H21NO4/c1-12(2)16-6-5-15(8-13(16)3)22-10-19(21)20-14-4-7-17-18(9-14)24-11-23-17/h4-9,12H,10-11H2,1-3H3,(H,20,21). The van der Waals surface area contributed by atoms with Gasteiger partial charge >= 0.3 is 0 Å². The molecule has 0 fully saturated rings. The number of carbonyl (C=O) groups excluding carboxylic acids is 1. The van der Waals surface area contributed by atoms with Crippen molar-refractivity contribution in [1.29, 1.82) is 0 Å². The quantitative estimate of drug-likeness (QED) is 0.906. The lowest BCUT2D eigenvalue weighted by molar-refractivity contribution is -0.118. The number of nitrogens with one attached hydrogen (secondary N) is 1. The lowest BCUT2D eigenvalue weighted by atomic mass is 9.98. The van der Waals surface area contributed by atoms with Crippen LogP contribution in [0.1, 0.15) is 30.9 Å². The molecule has 126 valence electrons. The van der Waals surface area contributed by atoms with E-state index in [9.17, 15) is 4.79 Å². The van der Waals surface area contributed by atoms with Crippen LogP contribution in [0.25, 0.3) is 0 Å². The summed E-state index contributed by atoms with van der Waals surface area (Å²) >= 11 is 0. The van der Waals surface area contributed by atoms with E-state index in [1.165, 1.54) is 11.1 Å². The van der Waals surface area contributed by atoms with Crippen molar-refractivity contribution in [1.82, 2.24) is 0 Å². The van der Waals surface area contributed by atoms with E-state index >= 15 is 0 Å². The van der Waals surface area contributed by atoms with Crippen molar-refractivity contribution in [3.8, 4) is 17.2 Å². The molecular formula is C19H21NO4. The van der Waals surface area contributed by atoms with Gasteiger partial charge in [0.05, 0.1) is 0 Å². The lowest BCUT2D eigenvalue weighted by Gasteiger charge is -2.12. The molecule has 5 nitrogen and oxygen atoms in total. The molecule has 24 heavy (non-hydrogen) atoms. The van der Waals surface area contributed by atoms with E-state index in [1.54, 1.807) is 18.2 Å². The maximum Gasteiger partial charge on any atom is 0.262 e. The van der Waals surface area contributed by atoms with Gasteiger partial charge in [-0.05, 0) is 48.2 Å². The molecule has 1 N–H and O–H groups in total. The summed E-state index contributed by atoms with van der Waals surface area (Å²) in [5.41, 5.74) is 3.10. The molecule has 1 heterocycles. The van der Waals surface area contributed by atoms with E-state index in [2.05, 4.69) is 26.1 Å². The van der Waals surface area contributed by atoms with Gasteiger partial charge in [0.15, 0.2) is 18.1 Å². The van der Waals surface area contributed by atoms with E-state index in [0.29, 0.717) is 28.9 Å². The molecule has 1 aliphatic rings. The number of carbonyl (C=O) groups is 1. The van der Waals surface area contributed by atoms with Crippen LogP contribution in [0, 0.1) is 6.92 Å². The van der Waals surface area contributed by atoms with Crippen molar-refractivity contribution in [3.05, 3.63) is 47.5 Å². The van der Waals surface area contributed by atoms with Crippen molar-refractivity contribution in [3.63, 3.8) is 0 Å². The monoisotopic (exact) mass is 327 g/mol. The predicted octanol–water partition coefficient (Wildman–Crippen LogP) is 3.86. The average molecular weight is 327 g/mol. The van der Waals surface area contributed by atoms with Gasteiger partial charge in [-0.3, -0.25) is 4.79 Å². The lowest BCUT2D eigenvalue weighted by Crippen LogP contribution is -2.20. The zero-order chi connectivity index (χ0) is 17.1. The summed E-state index contributed by atoms with van der Waals surface area (Å²) in [6.07, 6.45) is 0. The Kier molecular flexibility index (Phi) is 4.60. The summed E-state index contributed by atoms with van der Waals surface area (Å²) in [7, 11) is 0. The maximum absolute atomic E-state index is 12.0. The highest BCUT2D eigenvalue weighted by Crippen LogP contribution is 2.34. The van der Waals surface area contributed by atoms with E-state index < -0.39 is 0 Å². The highest BCUT2D eigenvalue weighted by Gasteiger charge is 2.14. The van der Waals surface area contributed by atoms with Crippen LogP contribution in [0.4, 0.5) is 5.69 Å². The second-order valence-corrected chi connectivity index (χ2v) is 6.08. The van der Waals surface area contributed by atoms with Gasteiger partial charge in [0, 0.05) is 11.8 Å². The molecule has 2 aromatic carbocycles. The third-order valence-electron chi connectivity index (χ3n) is 3.89. The van der Waals surface area contributed by atoms with Crippen molar-refractivity contribution in [2.24, 2.45) is 0 Å². The number of hydrogen-bond acceptors (Lipinski definition) is 4.